The molecule has 7 nitrogen and oxygen atoms in total. The van der Waals surface area contributed by atoms with E-state index in [0.717, 1.165) is 61.3 Å². The van der Waals surface area contributed by atoms with Crippen molar-refractivity contribution in [1.82, 2.24) is 15.3 Å². The number of piperidine rings is 1. The number of primary amides is 1. The summed E-state index contributed by atoms with van der Waals surface area (Å²) >= 11 is 0. The lowest BCUT2D eigenvalue weighted by molar-refractivity contribution is -0.128. The van der Waals surface area contributed by atoms with Crippen LogP contribution in [0.5, 0.6) is 0 Å². The molecule has 1 atom stereocenters. The summed E-state index contributed by atoms with van der Waals surface area (Å²) in [4.78, 5) is 31.7. The zero-order valence-electron chi connectivity index (χ0n) is 16.0. The Labute approximate surface area is 163 Å². The number of para-hydroxylation sites is 1. The van der Waals surface area contributed by atoms with E-state index in [9.17, 15) is 4.79 Å². The topological polar surface area (TPSA) is 104 Å². The molecule has 2 aliphatic heterocycles. The first-order valence-corrected chi connectivity index (χ1v) is 9.64. The van der Waals surface area contributed by atoms with E-state index in [1.807, 2.05) is 6.20 Å². The number of pyridine rings is 1. The number of carbonyl (C=O) groups is 2. The summed E-state index contributed by atoms with van der Waals surface area (Å²) in [7, 11) is 0. The molecule has 1 aromatic carbocycles. The van der Waals surface area contributed by atoms with Gasteiger partial charge in [-0.05, 0) is 37.8 Å². The summed E-state index contributed by atoms with van der Waals surface area (Å²) in [5.41, 5.74) is 7.38. The third-order valence-electron chi connectivity index (χ3n) is 5.95. The Morgan fingerprint density at radius 1 is 1.29 bits per heavy atom. The van der Waals surface area contributed by atoms with Crippen LogP contribution in [0, 0.1) is 12.3 Å². The van der Waals surface area contributed by atoms with E-state index in [-0.39, 0.29) is 17.7 Å². The first-order chi connectivity index (χ1) is 13.6. The number of aromatic nitrogens is 2. The molecule has 3 aromatic rings. The molecular weight excluding hydrogens is 354 g/mol. The number of benzene rings is 1. The molecule has 0 radical (unpaired) electrons. The summed E-state index contributed by atoms with van der Waals surface area (Å²) in [5.74, 6) is 1.23. The first kappa shape index (κ1) is 18.3. The number of hydrogen-bond acceptors (Lipinski definition) is 4. The number of anilines is 1. The van der Waals surface area contributed by atoms with E-state index in [0.29, 0.717) is 0 Å². The highest BCUT2D eigenvalue weighted by Crippen LogP contribution is 2.41. The van der Waals surface area contributed by atoms with Crippen LogP contribution >= 0.6 is 0 Å². The van der Waals surface area contributed by atoms with Crippen molar-refractivity contribution in [3.63, 3.8) is 0 Å². The maximum atomic E-state index is 12.4. The molecule has 2 aromatic heterocycles. The lowest BCUT2D eigenvalue weighted by atomic mass is 9.78. The maximum Gasteiger partial charge on any atom is 0.228 e. The molecule has 7 heteroatoms. The number of nitrogens with one attached hydrogen (secondary N) is 2. The third-order valence-corrected chi connectivity index (χ3v) is 5.95. The smallest absolute Gasteiger partial charge is 0.228 e. The van der Waals surface area contributed by atoms with Gasteiger partial charge in [-0.3, -0.25) is 9.59 Å². The van der Waals surface area contributed by atoms with Gasteiger partial charge in [0.25, 0.3) is 0 Å². The van der Waals surface area contributed by atoms with Crippen molar-refractivity contribution in [3.05, 3.63) is 36.0 Å². The number of aromatic amines is 1. The predicted octanol–water partition coefficient (Wildman–Crippen LogP) is 2.23. The largest absolute Gasteiger partial charge is 0.372 e. The van der Waals surface area contributed by atoms with Crippen molar-refractivity contribution in [3.8, 4) is 0 Å². The number of fused-ring (bicyclic) bond motifs is 3. The minimum Gasteiger partial charge on any atom is -0.372 e. The fourth-order valence-corrected chi connectivity index (χ4v) is 4.62. The van der Waals surface area contributed by atoms with E-state index in [2.05, 4.69) is 52.1 Å². The number of H-pyrrole nitrogens is 1. The fraction of sp³-hybridized carbons (Fsp3) is 0.381. The van der Waals surface area contributed by atoms with Crippen LogP contribution in [0.3, 0.4) is 0 Å². The molecule has 28 heavy (non-hydrogen) atoms. The van der Waals surface area contributed by atoms with Crippen LogP contribution in [0.15, 0.2) is 30.5 Å². The van der Waals surface area contributed by atoms with Gasteiger partial charge in [0, 0.05) is 36.7 Å². The van der Waals surface area contributed by atoms with Crippen molar-refractivity contribution < 1.29 is 9.59 Å². The second-order valence-electron chi connectivity index (χ2n) is 7.63. The Hall–Kier alpha value is -3.09. The molecule has 2 amide bonds. The summed E-state index contributed by atoms with van der Waals surface area (Å²) in [6.45, 7) is 4.62. The van der Waals surface area contributed by atoms with Gasteiger partial charge in [-0.1, -0.05) is 18.2 Å². The quantitative estimate of drug-likeness (QED) is 0.564. The lowest BCUT2D eigenvalue weighted by Gasteiger charge is -2.39. The fourth-order valence-electron chi connectivity index (χ4n) is 4.62. The number of nitrogens with zero attached hydrogens (tertiary/aromatic N) is 2. The Morgan fingerprint density at radius 3 is 2.82 bits per heavy atom. The molecule has 0 saturated carbocycles. The lowest BCUT2D eigenvalue weighted by Crippen LogP contribution is -2.47. The second-order valence-corrected chi connectivity index (χ2v) is 7.63. The van der Waals surface area contributed by atoms with Gasteiger partial charge in [0.2, 0.25) is 12.3 Å². The van der Waals surface area contributed by atoms with Gasteiger partial charge >= 0.3 is 0 Å². The van der Waals surface area contributed by atoms with Crippen LogP contribution in [0.4, 0.5) is 5.82 Å². The van der Waals surface area contributed by atoms with E-state index in [1.54, 1.807) is 0 Å². The van der Waals surface area contributed by atoms with Crippen molar-refractivity contribution in [2.75, 3.05) is 24.5 Å². The van der Waals surface area contributed by atoms with Crippen LogP contribution in [0.1, 0.15) is 24.8 Å². The summed E-state index contributed by atoms with van der Waals surface area (Å²) in [6.07, 6.45) is 5.15. The second kappa shape index (κ2) is 7.14. The highest BCUT2D eigenvalue weighted by atomic mass is 16.2. The Bertz CT molecular complexity index is 1040. The maximum absolute atomic E-state index is 12.4. The van der Waals surface area contributed by atoms with Gasteiger partial charge in [0.05, 0.1) is 16.3 Å². The van der Waals surface area contributed by atoms with Crippen molar-refractivity contribution in [2.45, 2.75) is 26.2 Å². The van der Waals surface area contributed by atoms with Crippen LogP contribution in [-0.2, 0) is 9.59 Å². The molecule has 2 saturated heterocycles. The van der Waals surface area contributed by atoms with Crippen molar-refractivity contribution >= 4 is 39.9 Å². The molecule has 0 aliphatic carbocycles. The minimum absolute atomic E-state index is 0.222. The average molecular weight is 379 g/mol. The molecule has 146 valence electrons. The molecule has 4 N–H and O–H groups in total. The van der Waals surface area contributed by atoms with Gasteiger partial charge in [-0.25, -0.2) is 4.98 Å². The van der Waals surface area contributed by atoms with E-state index in [4.69, 9.17) is 9.78 Å². The average Bonchev–Trinajstić information content (AvgIpc) is 3.25. The molecule has 4 heterocycles. The van der Waals surface area contributed by atoms with Crippen LogP contribution in [-0.4, -0.2) is 41.9 Å². The zero-order chi connectivity index (χ0) is 19.7. The molecule has 0 bridgehead atoms. The van der Waals surface area contributed by atoms with Crippen LogP contribution in [0.25, 0.3) is 21.8 Å². The van der Waals surface area contributed by atoms with Crippen molar-refractivity contribution in [2.24, 2.45) is 11.1 Å². The Balaban J connectivity index is 0.000000604. The summed E-state index contributed by atoms with van der Waals surface area (Å²) in [5, 5.41) is 5.42. The number of nitrogens with two attached hydrogens (primary N) is 1. The number of carbonyl (C=O) groups excluding carboxylic acids is 2. The molecule has 1 unspecified atom stereocenters. The third kappa shape index (κ3) is 2.87. The van der Waals surface area contributed by atoms with E-state index in [1.165, 1.54) is 10.8 Å². The van der Waals surface area contributed by atoms with Gasteiger partial charge in [-0.2, -0.15) is 0 Å². The highest BCUT2D eigenvalue weighted by Gasteiger charge is 2.45. The number of amides is 2. The van der Waals surface area contributed by atoms with E-state index >= 15 is 0 Å². The molecular formula is C21H25N5O2. The highest BCUT2D eigenvalue weighted by molar-refractivity contribution is 6.13. The Kier molecular flexibility index (Phi) is 4.66. The molecule has 1 spiro atoms. The number of aryl methyl sites for hydroxylation is 1. The SMILES string of the molecule is Cc1cnc(N2CCCC3(CCNC3=O)C2)c2c1[nH]c1ccccc12.NC=O. The normalized spacial score (nSPS) is 21.6. The van der Waals surface area contributed by atoms with Gasteiger partial charge in [-0.15, -0.1) is 0 Å². The van der Waals surface area contributed by atoms with Crippen LogP contribution in [0.2, 0.25) is 0 Å². The van der Waals surface area contributed by atoms with Gasteiger partial charge in [0.1, 0.15) is 5.82 Å². The van der Waals surface area contributed by atoms with Gasteiger partial charge in [0.15, 0.2) is 0 Å². The van der Waals surface area contributed by atoms with Crippen molar-refractivity contribution in [1.29, 1.82) is 0 Å². The zero-order valence-corrected chi connectivity index (χ0v) is 16.0. The minimum atomic E-state index is -0.233. The number of hydrogen-bond donors (Lipinski definition) is 3. The molecule has 5 rings (SSSR count). The summed E-state index contributed by atoms with van der Waals surface area (Å²) < 4.78 is 0. The van der Waals surface area contributed by atoms with Crippen LogP contribution < -0.4 is 16.0 Å². The standard InChI is InChI=1S/C20H22N4O.CH3NO/c1-13-11-22-18(16-14-5-2-3-6-15(14)23-17(13)16)24-10-4-7-20(12-24)8-9-21-19(20)25;2-1-3/h2-3,5-6,11,23H,4,7-10,12H2,1H3,(H,21,25);1H,(H2,2,3). The first-order valence-electron chi connectivity index (χ1n) is 9.64. The Morgan fingerprint density at radius 2 is 2.07 bits per heavy atom. The van der Waals surface area contributed by atoms with E-state index < -0.39 is 0 Å². The monoisotopic (exact) mass is 379 g/mol. The molecule has 2 fully saturated rings. The number of rotatable bonds is 1. The predicted molar refractivity (Wildman–Crippen MR) is 110 cm³/mol. The molecule has 2 aliphatic rings. The summed E-state index contributed by atoms with van der Waals surface area (Å²) in [6, 6.07) is 8.39. The van der Waals surface area contributed by atoms with Gasteiger partial charge < -0.3 is 20.9 Å².